The first-order chi connectivity index (χ1) is 6.94. The first-order valence-electron chi connectivity index (χ1n) is 4.88. The topological polar surface area (TPSA) is 46.5 Å². The third-order valence-corrected chi connectivity index (χ3v) is 3.82. The largest absolute Gasteiger partial charge is 0.507 e. The van der Waals surface area contributed by atoms with Crippen molar-refractivity contribution in [3.8, 4) is 0 Å². The fourth-order valence-electron chi connectivity index (χ4n) is 2.23. The fraction of sp³-hybridized carbons (Fsp3) is 0.545. The van der Waals surface area contributed by atoms with E-state index in [0.717, 1.165) is 0 Å². The fourth-order valence-corrected chi connectivity index (χ4v) is 2.82. The van der Waals surface area contributed by atoms with E-state index in [4.69, 9.17) is 4.74 Å². The van der Waals surface area contributed by atoms with Gasteiger partial charge in [-0.05, 0) is 41.9 Å². The van der Waals surface area contributed by atoms with E-state index in [-0.39, 0.29) is 23.4 Å². The SMILES string of the molecule is CC(=O)[C@@H]1CO[C@@]2(C)C=C(Br)C(O)=C[C@@H]12. The Labute approximate surface area is 96.9 Å². The maximum Gasteiger partial charge on any atom is 0.135 e. The Kier molecular flexibility index (Phi) is 2.51. The van der Waals surface area contributed by atoms with Gasteiger partial charge in [0.25, 0.3) is 0 Å². The van der Waals surface area contributed by atoms with E-state index in [1.54, 1.807) is 13.0 Å². The van der Waals surface area contributed by atoms with Crippen LogP contribution in [0.1, 0.15) is 13.8 Å². The highest BCUT2D eigenvalue weighted by atomic mass is 79.9. The van der Waals surface area contributed by atoms with Crippen molar-refractivity contribution >= 4 is 21.7 Å². The molecule has 1 fully saturated rings. The van der Waals surface area contributed by atoms with Crippen molar-refractivity contribution in [3.05, 3.63) is 22.4 Å². The van der Waals surface area contributed by atoms with Gasteiger partial charge in [-0.25, -0.2) is 0 Å². The van der Waals surface area contributed by atoms with Crippen LogP contribution in [-0.4, -0.2) is 23.1 Å². The van der Waals surface area contributed by atoms with Gasteiger partial charge in [0.2, 0.25) is 0 Å². The summed E-state index contributed by atoms with van der Waals surface area (Å²) in [6.45, 7) is 3.93. The van der Waals surface area contributed by atoms with E-state index in [1.165, 1.54) is 0 Å². The number of aliphatic hydroxyl groups excluding tert-OH is 1. The van der Waals surface area contributed by atoms with Gasteiger partial charge in [-0.15, -0.1) is 0 Å². The van der Waals surface area contributed by atoms with E-state index < -0.39 is 5.60 Å². The number of hydrogen-bond donors (Lipinski definition) is 1. The van der Waals surface area contributed by atoms with Crippen LogP contribution in [0.3, 0.4) is 0 Å². The highest BCUT2D eigenvalue weighted by molar-refractivity contribution is 9.11. The Hall–Kier alpha value is -0.610. The molecule has 3 nitrogen and oxygen atoms in total. The number of rotatable bonds is 1. The quantitative estimate of drug-likeness (QED) is 0.797. The summed E-state index contributed by atoms with van der Waals surface area (Å²) < 4.78 is 6.28. The van der Waals surface area contributed by atoms with Crippen molar-refractivity contribution in [2.45, 2.75) is 19.4 Å². The Morgan fingerprint density at radius 1 is 1.73 bits per heavy atom. The molecular formula is C11H13BrO3. The second-order valence-electron chi connectivity index (χ2n) is 4.28. The molecule has 2 rings (SSSR count). The number of fused-ring (bicyclic) bond motifs is 1. The highest BCUT2D eigenvalue weighted by Crippen LogP contribution is 2.44. The summed E-state index contributed by atoms with van der Waals surface area (Å²) in [5.41, 5.74) is -0.471. The normalized spacial score (nSPS) is 39.4. The molecule has 0 aromatic rings. The third-order valence-electron chi connectivity index (χ3n) is 3.19. The molecule has 4 heteroatoms. The molecule has 1 saturated heterocycles. The van der Waals surface area contributed by atoms with Gasteiger partial charge >= 0.3 is 0 Å². The van der Waals surface area contributed by atoms with Crippen molar-refractivity contribution in [1.82, 2.24) is 0 Å². The molecule has 0 amide bonds. The number of carbonyl (C=O) groups excluding carboxylic acids is 1. The van der Waals surface area contributed by atoms with Crippen LogP contribution in [0.2, 0.25) is 0 Å². The van der Waals surface area contributed by atoms with E-state index >= 15 is 0 Å². The Morgan fingerprint density at radius 3 is 3.00 bits per heavy atom. The minimum Gasteiger partial charge on any atom is -0.507 e. The number of aliphatic hydroxyl groups is 1. The number of Topliss-reactive ketones (excluding diaryl/α,β-unsaturated/α-hetero) is 1. The molecular weight excluding hydrogens is 260 g/mol. The minimum atomic E-state index is -0.471. The number of ether oxygens (including phenoxy) is 1. The molecule has 0 spiro atoms. The van der Waals surface area contributed by atoms with E-state index in [2.05, 4.69) is 15.9 Å². The van der Waals surface area contributed by atoms with Crippen LogP contribution in [0.25, 0.3) is 0 Å². The van der Waals surface area contributed by atoms with Crippen molar-refractivity contribution in [3.63, 3.8) is 0 Å². The monoisotopic (exact) mass is 272 g/mol. The number of ketones is 1. The number of halogens is 1. The van der Waals surface area contributed by atoms with E-state index in [9.17, 15) is 9.90 Å². The lowest BCUT2D eigenvalue weighted by Crippen LogP contribution is -2.34. The van der Waals surface area contributed by atoms with Crippen LogP contribution in [0.4, 0.5) is 0 Å². The molecule has 3 atom stereocenters. The molecule has 2 aliphatic rings. The van der Waals surface area contributed by atoms with Crippen LogP contribution in [-0.2, 0) is 9.53 Å². The van der Waals surface area contributed by atoms with Crippen LogP contribution in [0.5, 0.6) is 0 Å². The lowest BCUT2D eigenvalue weighted by Gasteiger charge is -2.30. The smallest absolute Gasteiger partial charge is 0.135 e. The number of hydrogen-bond acceptors (Lipinski definition) is 3. The zero-order chi connectivity index (χ0) is 11.2. The molecule has 1 N–H and O–H groups in total. The van der Waals surface area contributed by atoms with Gasteiger partial charge < -0.3 is 9.84 Å². The lowest BCUT2D eigenvalue weighted by molar-refractivity contribution is -0.121. The van der Waals surface area contributed by atoms with Crippen LogP contribution in [0, 0.1) is 11.8 Å². The summed E-state index contributed by atoms with van der Waals surface area (Å²) >= 11 is 3.26. The Bertz CT molecular complexity index is 372. The Morgan fingerprint density at radius 2 is 2.40 bits per heavy atom. The van der Waals surface area contributed by atoms with Gasteiger partial charge in [-0.3, -0.25) is 4.79 Å². The second kappa shape index (κ2) is 3.46. The van der Waals surface area contributed by atoms with Crippen molar-refractivity contribution < 1.29 is 14.6 Å². The van der Waals surface area contributed by atoms with Crippen molar-refractivity contribution in [2.75, 3.05) is 6.61 Å². The predicted octanol–water partition coefficient (Wildman–Crippen LogP) is 2.33. The molecule has 0 bridgehead atoms. The Balaban J connectivity index is 2.38. The van der Waals surface area contributed by atoms with Crippen molar-refractivity contribution in [2.24, 2.45) is 11.8 Å². The molecule has 0 unspecified atom stereocenters. The molecule has 0 aromatic heterocycles. The van der Waals surface area contributed by atoms with Gasteiger partial charge in [-0.2, -0.15) is 0 Å². The van der Waals surface area contributed by atoms with E-state index in [1.807, 2.05) is 13.0 Å². The summed E-state index contributed by atoms with van der Waals surface area (Å²) in [7, 11) is 0. The predicted molar refractivity (Wildman–Crippen MR) is 59.7 cm³/mol. The van der Waals surface area contributed by atoms with E-state index in [0.29, 0.717) is 11.1 Å². The standard InChI is InChI=1S/C11H13BrO3/c1-6(13)7-5-15-11(2)4-9(12)10(14)3-8(7)11/h3-4,7-8,14H,5H2,1-2H3/t7-,8-,11-/m0/s1. The average Bonchev–Trinajstić information content (AvgIpc) is 2.43. The molecule has 0 radical (unpaired) electrons. The summed E-state index contributed by atoms with van der Waals surface area (Å²) in [6, 6.07) is 0. The average molecular weight is 273 g/mol. The van der Waals surface area contributed by atoms with Gasteiger partial charge in [-0.1, -0.05) is 0 Å². The summed E-state index contributed by atoms with van der Waals surface area (Å²) in [5, 5.41) is 9.62. The molecule has 1 aliphatic heterocycles. The molecule has 0 aromatic carbocycles. The van der Waals surface area contributed by atoms with Crippen LogP contribution >= 0.6 is 15.9 Å². The maximum absolute atomic E-state index is 11.4. The van der Waals surface area contributed by atoms with Gasteiger partial charge in [0, 0.05) is 5.92 Å². The van der Waals surface area contributed by atoms with Gasteiger partial charge in [0.15, 0.2) is 0 Å². The highest BCUT2D eigenvalue weighted by Gasteiger charge is 2.48. The van der Waals surface area contributed by atoms with Gasteiger partial charge in [0.05, 0.1) is 22.6 Å². The molecule has 0 saturated carbocycles. The zero-order valence-electron chi connectivity index (χ0n) is 8.66. The minimum absolute atomic E-state index is 0.0590. The maximum atomic E-state index is 11.4. The second-order valence-corrected chi connectivity index (χ2v) is 5.14. The lowest BCUT2D eigenvalue weighted by atomic mass is 9.78. The molecule has 15 heavy (non-hydrogen) atoms. The summed E-state index contributed by atoms with van der Waals surface area (Å²) in [4.78, 5) is 11.4. The van der Waals surface area contributed by atoms with Crippen LogP contribution in [0.15, 0.2) is 22.4 Å². The summed E-state index contributed by atoms with van der Waals surface area (Å²) in [6.07, 6.45) is 3.54. The van der Waals surface area contributed by atoms with Gasteiger partial charge in [0.1, 0.15) is 11.5 Å². The molecule has 1 aliphatic carbocycles. The zero-order valence-corrected chi connectivity index (χ0v) is 10.2. The molecule has 82 valence electrons. The first kappa shape index (κ1) is 10.9. The molecule has 1 heterocycles. The summed E-state index contributed by atoms with van der Waals surface area (Å²) in [5.74, 6) is 0.0960. The van der Waals surface area contributed by atoms with Crippen LogP contribution < -0.4 is 0 Å². The third kappa shape index (κ3) is 1.66. The first-order valence-corrected chi connectivity index (χ1v) is 5.67. The van der Waals surface area contributed by atoms with Crippen molar-refractivity contribution in [1.29, 1.82) is 0 Å². The number of carbonyl (C=O) groups is 1. The number of allylic oxidation sites excluding steroid dienone is 1.